The Hall–Kier alpha value is -0.340. The molecule has 0 radical (unpaired) electrons. The lowest BCUT2D eigenvalue weighted by atomic mass is 10.2. The van der Waals surface area contributed by atoms with Crippen molar-refractivity contribution < 1.29 is 4.74 Å². The molecule has 0 aromatic rings. The quantitative estimate of drug-likeness (QED) is 0.235. The van der Waals surface area contributed by atoms with Crippen molar-refractivity contribution in [3.8, 4) is 0 Å². The highest BCUT2D eigenvalue weighted by Crippen LogP contribution is 2.10. The Labute approximate surface area is 140 Å². The molecule has 6 heteroatoms. The molecule has 1 fully saturated rings. The minimum absolute atomic E-state index is 0. The summed E-state index contributed by atoms with van der Waals surface area (Å²) in [7, 11) is 0. The van der Waals surface area contributed by atoms with E-state index in [2.05, 4.69) is 35.6 Å². The molecular weight excluding hydrogens is 367 g/mol. The van der Waals surface area contributed by atoms with Gasteiger partial charge in [0.2, 0.25) is 0 Å². The first-order chi connectivity index (χ1) is 8.97. The van der Waals surface area contributed by atoms with Crippen molar-refractivity contribution in [2.24, 2.45) is 10.7 Å². The summed E-state index contributed by atoms with van der Waals surface area (Å²) in [6.45, 7) is 14.5. The van der Waals surface area contributed by atoms with E-state index in [4.69, 9.17) is 10.5 Å². The van der Waals surface area contributed by atoms with Gasteiger partial charge < -0.3 is 15.8 Å². The average Bonchev–Trinajstić information content (AvgIpc) is 2.31. The van der Waals surface area contributed by atoms with Gasteiger partial charge in [-0.05, 0) is 27.2 Å². The molecule has 0 aromatic heterocycles. The standard InChI is InChI=1S/C14H28N4O.HI/c1-11(2)8-17-14(15)16-6-5-7-18-9-12(3)19-13(4)10-18;/h12-13H,1,5-10H2,2-4H3,(H3,15,16,17);1H. The molecule has 20 heavy (non-hydrogen) atoms. The molecule has 2 unspecified atom stereocenters. The monoisotopic (exact) mass is 396 g/mol. The lowest BCUT2D eigenvalue weighted by molar-refractivity contribution is -0.0679. The highest BCUT2D eigenvalue weighted by molar-refractivity contribution is 14.0. The summed E-state index contributed by atoms with van der Waals surface area (Å²) in [5.41, 5.74) is 6.76. The van der Waals surface area contributed by atoms with Gasteiger partial charge in [-0.25, -0.2) is 4.99 Å². The highest BCUT2D eigenvalue weighted by Gasteiger charge is 2.21. The zero-order valence-corrected chi connectivity index (χ0v) is 15.2. The van der Waals surface area contributed by atoms with Gasteiger partial charge in [0, 0.05) is 26.2 Å². The van der Waals surface area contributed by atoms with Crippen LogP contribution in [0.2, 0.25) is 0 Å². The summed E-state index contributed by atoms with van der Waals surface area (Å²) >= 11 is 0. The minimum atomic E-state index is 0. The fourth-order valence-corrected chi connectivity index (χ4v) is 2.26. The number of hydrogen-bond donors (Lipinski definition) is 2. The van der Waals surface area contributed by atoms with Crippen LogP contribution in [0.25, 0.3) is 0 Å². The van der Waals surface area contributed by atoms with Crippen LogP contribution in [0.5, 0.6) is 0 Å². The van der Waals surface area contributed by atoms with Crippen molar-refractivity contribution >= 4 is 29.9 Å². The topological polar surface area (TPSA) is 62.9 Å². The molecule has 2 atom stereocenters. The maximum Gasteiger partial charge on any atom is 0.188 e. The van der Waals surface area contributed by atoms with E-state index in [1.165, 1.54) is 0 Å². The third kappa shape index (κ3) is 8.76. The van der Waals surface area contributed by atoms with E-state index in [9.17, 15) is 0 Å². The Morgan fingerprint density at radius 2 is 2.00 bits per heavy atom. The van der Waals surface area contributed by atoms with E-state index in [-0.39, 0.29) is 24.0 Å². The van der Waals surface area contributed by atoms with E-state index < -0.39 is 0 Å². The Balaban J connectivity index is 0.00000361. The zero-order valence-electron chi connectivity index (χ0n) is 12.9. The molecule has 5 nitrogen and oxygen atoms in total. The molecule has 1 heterocycles. The van der Waals surface area contributed by atoms with Gasteiger partial charge >= 0.3 is 0 Å². The molecule has 0 bridgehead atoms. The average molecular weight is 396 g/mol. The van der Waals surface area contributed by atoms with E-state index in [1.54, 1.807) is 0 Å². The first-order valence-corrected chi connectivity index (χ1v) is 7.03. The number of hydrogen-bond acceptors (Lipinski definition) is 3. The minimum Gasteiger partial charge on any atom is -0.373 e. The lowest BCUT2D eigenvalue weighted by Crippen LogP contribution is -2.46. The molecule has 1 aliphatic heterocycles. The van der Waals surface area contributed by atoms with Crippen LogP contribution in [-0.4, -0.2) is 55.8 Å². The predicted molar refractivity (Wildman–Crippen MR) is 95.8 cm³/mol. The molecule has 3 N–H and O–H groups in total. The molecule has 118 valence electrons. The van der Waals surface area contributed by atoms with Gasteiger partial charge in [-0.2, -0.15) is 0 Å². The van der Waals surface area contributed by atoms with Crippen molar-refractivity contribution in [2.45, 2.75) is 39.4 Å². The number of nitrogens with one attached hydrogen (secondary N) is 1. The van der Waals surface area contributed by atoms with Gasteiger partial charge in [-0.1, -0.05) is 12.2 Å². The third-order valence-electron chi connectivity index (χ3n) is 2.97. The first kappa shape index (κ1) is 19.7. The SMILES string of the molecule is C=C(C)CN=C(N)NCCCN1CC(C)OC(C)C1.I. The second-order valence-corrected chi connectivity index (χ2v) is 5.46. The summed E-state index contributed by atoms with van der Waals surface area (Å²) in [5, 5.41) is 3.13. The predicted octanol–water partition coefficient (Wildman–Crippen LogP) is 1.58. The van der Waals surface area contributed by atoms with Crippen LogP contribution < -0.4 is 11.1 Å². The number of guanidine groups is 1. The van der Waals surface area contributed by atoms with Gasteiger partial charge in [0.25, 0.3) is 0 Å². The van der Waals surface area contributed by atoms with Gasteiger partial charge in [0.05, 0.1) is 18.8 Å². The van der Waals surface area contributed by atoms with Gasteiger partial charge in [0.1, 0.15) is 0 Å². The summed E-state index contributed by atoms with van der Waals surface area (Å²) in [4.78, 5) is 6.63. The van der Waals surface area contributed by atoms with Crippen LogP contribution in [-0.2, 0) is 4.74 Å². The third-order valence-corrected chi connectivity index (χ3v) is 2.97. The van der Waals surface area contributed by atoms with Crippen molar-refractivity contribution in [3.05, 3.63) is 12.2 Å². The summed E-state index contributed by atoms with van der Waals surface area (Å²) in [5.74, 6) is 0.506. The van der Waals surface area contributed by atoms with Gasteiger partial charge in [-0.3, -0.25) is 4.90 Å². The second-order valence-electron chi connectivity index (χ2n) is 5.46. The molecule has 0 aromatic carbocycles. The van der Waals surface area contributed by atoms with E-state index >= 15 is 0 Å². The summed E-state index contributed by atoms with van der Waals surface area (Å²) in [6, 6.07) is 0. The number of aliphatic imine (C=N–C) groups is 1. The van der Waals surface area contributed by atoms with Crippen LogP contribution in [0.4, 0.5) is 0 Å². The van der Waals surface area contributed by atoms with Gasteiger partial charge in [-0.15, -0.1) is 24.0 Å². The van der Waals surface area contributed by atoms with Crippen LogP contribution in [0.15, 0.2) is 17.1 Å². The van der Waals surface area contributed by atoms with E-state index in [0.29, 0.717) is 24.7 Å². The molecule has 0 spiro atoms. The van der Waals surface area contributed by atoms with Crippen LogP contribution >= 0.6 is 24.0 Å². The number of halogens is 1. The van der Waals surface area contributed by atoms with E-state index in [1.807, 2.05) is 6.92 Å². The number of ether oxygens (including phenoxy) is 1. The molecule has 1 saturated heterocycles. The molecule has 0 saturated carbocycles. The fraction of sp³-hybridized carbons (Fsp3) is 0.786. The number of morpholine rings is 1. The Kier molecular flexibility index (Phi) is 10.2. The Bertz CT molecular complexity index is 312. The largest absolute Gasteiger partial charge is 0.373 e. The Morgan fingerprint density at radius 1 is 1.40 bits per heavy atom. The maximum atomic E-state index is 5.75. The molecule has 0 aliphatic carbocycles. The van der Waals surface area contributed by atoms with Gasteiger partial charge in [0.15, 0.2) is 5.96 Å². The zero-order chi connectivity index (χ0) is 14.3. The normalized spacial score (nSPS) is 24.1. The summed E-state index contributed by atoms with van der Waals surface area (Å²) < 4.78 is 5.71. The molecular formula is C14H29IN4O. The van der Waals surface area contributed by atoms with E-state index in [0.717, 1.165) is 38.2 Å². The van der Waals surface area contributed by atoms with Crippen molar-refractivity contribution in [3.63, 3.8) is 0 Å². The van der Waals surface area contributed by atoms with Crippen LogP contribution in [0, 0.1) is 0 Å². The van der Waals surface area contributed by atoms with Crippen LogP contribution in [0.1, 0.15) is 27.2 Å². The first-order valence-electron chi connectivity index (χ1n) is 7.03. The summed E-state index contributed by atoms with van der Waals surface area (Å²) in [6.07, 6.45) is 1.72. The van der Waals surface area contributed by atoms with Crippen LogP contribution in [0.3, 0.4) is 0 Å². The van der Waals surface area contributed by atoms with Crippen molar-refractivity contribution in [2.75, 3.05) is 32.7 Å². The number of rotatable bonds is 6. The highest BCUT2D eigenvalue weighted by atomic mass is 127. The number of nitrogens with two attached hydrogens (primary N) is 1. The number of nitrogens with zero attached hydrogens (tertiary/aromatic N) is 2. The molecule has 1 rings (SSSR count). The van der Waals surface area contributed by atoms with Crippen molar-refractivity contribution in [1.29, 1.82) is 0 Å². The molecule has 1 aliphatic rings. The lowest BCUT2D eigenvalue weighted by Gasteiger charge is -2.35. The maximum absolute atomic E-state index is 5.75. The van der Waals surface area contributed by atoms with Crippen molar-refractivity contribution in [1.82, 2.24) is 10.2 Å². The molecule has 0 amide bonds. The smallest absolute Gasteiger partial charge is 0.188 e. The second kappa shape index (κ2) is 10.4. The fourth-order valence-electron chi connectivity index (χ4n) is 2.26. The Morgan fingerprint density at radius 3 is 2.55 bits per heavy atom.